The van der Waals surface area contributed by atoms with E-state index in [0.29, 0.717) is 18.5 Å². The first kappa shape index (κ1) is 20.3. The van der Waals surface area contributed by atoms with Gasteiger partial charge in [-0.1, -0.05) is 0 Å². The van der Waals surface area contributed by atoms with Crippen LogP contribution in [0.5, 0.6) is 5.88 Å². The SMILES string of the molecule is COc1c(CN2CC[C@H](N(C)Cc3cc(=O)[nH]c(N(C)C)n3)C2)c(C)nn1C. The molecule has 9 nitrogen and oxygen atoms in total. The lowest BCUT2D eigenvalue weighted by Gasteiger charge is -2.25. The number of aryl methyl sites for hydroxylation is 2. The Balaban J connectivity index is 1.63. The second-order valence-corrected chi connectivity index (χ2v) is 7.74. The smallest absolute Gasteiger partial charge is 0.252 e. The highest BCUT2D eigenvalue weighted by atomic mass is 16.5. The van der Waals surface area contributed by atoms with Crippen LogP contribution in [0.15, 0.2) is 10.9 Å². The Labute approximate surface area is 165 Å². The van der Waals surface area contributed by atoms with E-state index in [4.69, 9.17) is 4.74 Å². The summed E-state index contributed by atoms with van der Waals surface area (Å²) < 4.78 is 7.32. The molecule has 0 saturated carbocycles. The van der Waals surface area contributed by atoms with Gasteiger partial charge in [0.25, 0.3) is 5.56 Å². The van der Waals surface area contributed by atoms with Gasteiger partial charge >= 0.3 is 0 Å². The molecule has 0 spiro atoms. The number of likely N-dealkylation sites (tertiary alicyclic amines) is 1. The van der Waals surface area contributed by atoms with Crippen molar-refractivity contribution in [2.45, 2.75) is 32.5 Å². The fourth-order valence-electron chi connectivity index (χ4n) is 3.83. The van der Waals surface area contributed by atoms with Crippen LogP contribution in [0, 0.1) is 6.92 Å². The first-order valence-electron chi connectivity index (χ1n) is 9.55. The summed E-state index contributed by atoms with van der Waals surface area (Å²) in [6.45, 7) is 5.51. The molecule has 3 heterocycles. The largest absolute Gasteiger partial charge is 0.481 e. The van der Waals surface area contributed by atoms with Gasteiger partial charge in [0.2, 0.25) is 11.8 Å². The van der Waals surface area contributed by atoms with Gasteiger partial charge in [-0.05, 0) is 20.4 Å². The van der Waals surface area contributed by atoms with Crippen LogP contribution in [0.25, 0.3) is 0 Å². The molecule has 0 unspecified atom stereocenters. The van der Waals surface area contributed by atoms with Crippen molar-refractivity contribution in [1.82, 2.24) is 29.5 Å². The second-order valence-electron chi connectivity index (χ2n) is 7.74. The van der Waals surface area contributed by atoms with E-state index < -0.39 is 0 Å². The highest BCUT2D eigenvalue weighted by Crippen LogP contribution is 2.25. The topological polar surface area (TPSA) is 82.5 Å². The molecule has 0 radical (unpaired) electrons. The van der Waals surface area contributed by atoms with Crippen molar-refractivity contribution >= 4 is 5.95 Å². The normalized spacial score (nSPS) is 17.5. The second kappa shape index (κ2) is 8.32. The Kier molecular flexibility index (Phi) is 6.04. The number of nitrogens with zero attached hydrogens (tertiary/aromatic N) is 6. The third-order valence-electron chi connectivity index (χ3n) is 5.35. The van der Waals surface area contributed by atoms with Gasteiger partial charge in [-0.3, -0.25) is 19.6 Å². The number of rotatable bonds is 7. The van der Waals surface area contributed by atoms with Gasteiger partial charge < -0.3 is 9.64 Å². The maximum absolute atomic E-state index is 11.9. The van der Waals surface area contributed by atoms with E-state index in [1.165, 1.54) is 0 Å². The van der Waals surface area contributed by atoms with Gasteiger partial charge in [0.15, 0.2) is 0 Å². The summed E-state index contributed by atoms with van der Waals surface area (Å²) >= 11 is 0. The fraction of sp³-hybridized carbons (Fsp3) is 0.632. The Morgan fingerprint density at radius 1 is 1.36 bits per heavy atom. The lowest BCUT2D eigenvalue weighted by molar-refractivity contribution is 0.219. The van der Waals surface area contributed by atoms with E-state index in [2.05, 4.69) is 31.9 Å². The molecule has 2 aromatic rings. The lowest BCUT2D eigenvalue weighted by atomic mass is 10.2. The fourth-order valence-corrected chi connectivity index (χ4v) is 3.83. The van der Waals surface area contributed by atoms with Gasteiger partial charge in [-0.15, -0.1) is 0 Å². The zero-order valence-corrected chi connectivity index (χ0v) is 17.7. The number of likely N-dealkylation sites (N-methyl/N-ethyl adjacent to an activating group) is 1. The van der Waals surface area contributed by atoms with Crippen molar-refractivity contribution < 1.29 is 4.74 Å². The number of H-pyrrole nitrogens is 1. The third kappa shape index (κ3) is 4.36. The molecule has 28 heavy (non-hydrogen) atoms. The summed E-state index contributed by atoms with van der Waals surface area (Å²) in [7, 11) is 9.44. The highest BCUT2D eigenvalue weighted by Gasteiger charge is 2.28. The van der Waals surface area contributed by atoms with Crippen LogP contribution in [-0.4, -0.2) is 76.9 Å². The number of ether oxygens (including phenoxy) is 1. The zero-order valence-electron chi connectivity index (χ0n) is 17.7. The minimum absolute atomic E-state index is 0.116. The molecule has 0 aromatic carbocycles. The molecule has 1 N–H and O–H groups in total. The van der Waals surface area contributed by atoms with Crippen LogP contribution in [0.2, 0.25) is 0 Å². The molecule has 1 aliphatic rings. The van der Waals surface area contributed by atoms with E-state index in [-0.39, 0.29) is 5.56 Å². The van der Waals surface area contributed by atoms with Crippen LogP contribution >= 0.6 is 0 Å². The zero-order chi connectivity index (χ0) is 20.4. The molecule has 1 saturated heterocycles. The Bertz CT molecular complexity index is 874. The molecule has 0 aliphatic carbocycles. The average Bonchev–Trinajstić information content (AvgIpc) is 3.19. The quantitative estimate of drug-likeness (QED) is 0.742. The van der Waals surface area contributed by atoms with Gasteiger partial charge in [-0.25, -0.2) is 9.67 Å². The van der Waals surface area contributed by atoms with E-state index >= 15 is 0 Å². The van der Waals surface area contributed by atoms with Crippen molar-refractivity contribution in [2.75, 3.05) is 46.2 Å². The molecule has 9 heteroatoms. The predicted octanol–water partition coefficient (Wildman–Crippen LogP) is 0.593. The standard InChI is InChI=1S/C19H31N7O2/c1-13-16(18(28-6)25(5)22-13)12-26-8-7-15(11-26)24(4)10-14-9-17(27)21-19(20-14)23(2)3/h9,15H,7-8,10-12H2,1-6H3,(H,20,21,27)/t15-/m0/s1. The number of aromatic amines is 1. The highest BCUT2D eigenvalue weighted by molar-refractivity contribution is 5.31. The van der Waals surface area contributed by atoms with E-state index in [1.54, 1.807) is 17.9 Å². The van der Waals surface area contributed by atoms with E-state index in [0.717, 1.165) is 48.9 Å². The number of methoxy groups -OCH3 is 1. The minimum atomic E-state index is -0.116. The summed E-state index contributed by atoms with van der Waals surface area (Å²) in [6.07, 6.45) is 1.09. The summed E-state index contributed by atoms with van der Waals surface area (Å²) in [6, 6.07) is 2.01. The van der Waals surface area contributed by atoms with Crippen LogP contribution < -0.4 is 15.2 Å². The molecule has 0 amide bonds. The monoisotopic (exact) mass is 389 g/mol. The first-order chi connectivity index (χ1) is 13.3. The minimum Gasteiger partial charge on any atom is -0.481 e. The van der Waals surface area contributed by atoms with Crippen molar-refractivity contribution in [3.63, 3.8) is 0 Å². The van der Waals surface area contributed by atoms with Crippen LogP contribution in [0.3, 0.4) is 0 Å². The molecule has 3 rings (SSSR count). The van der Waals surface area contributed by atoms with Gasteiger partial charge in [0.05, 0.1) is 24.1 Å². The molecule has 0 bridgehead atoms. The molecular formula is C19H31N7O2. The lowest BCUT2D eigenvalue weighted by Crippen LogP contribution is -2.34. The van der Waals surface area contributed by atoms with Crippen LogP contribution in [-0.2, 0) is 20.1 Å². The van der Waals surface area contributed by atoms with Crippen molar-refractivity contribution in [3.8, 4) is 5.88 Å². The average molecular weight is 390 g/mol. The first-order valence-corrected chi connectivity index (χ1v) is 9.55. The number of anilines is 1. The Morgan fingerprint density at radius 2 is 2.11 bits per heavy atom. The van der Waals surface area contributed by atoms with Gasteiger partial charge in [0.1, 0.15) is 0 Å². The number of aromatic nitrogens is 4. The van der Waals surface area contributed by atoms with Gasteiger partial charge in [0, 0.05) is 59.4 Å². The molecular weight excluding hydrogens is 358 g/mol. The Hall–Kier alpha value is -2.39. The van der Waals surface area contributed by atoms with Gasteiger partial charge in [-0.2, -0.15) is 5.10 Å². The summed E-state index contributed by atoms with van der Waals surface area (Å²) in [5.74, 6) is 1.42. The Morgan fingerprint density at radius 3 is 2.79 bits per heavy atom. The molecule has 1 atom stereocenters. The molecule has 2 aromatic heterocycles. The molecule has 1 fully saturated rings. The maximum atomic E-state index is 11.9. The third-order valence-corrected chi connectivity index (χ3v) is 5.35. The maximum Gasteiger partial charge on any atom is 0.252 e. The van der Waals surface area contributed by atoms with E-state index in [1.807, 2.05) is 33.0 Å². The summed E-state index contributed by atoms with van der Waals surface area (Å²) in [4.78, 5) is 25.7. The van der Waals surface area contributed by atoms with Crippen LogP contribution in [0.4, 0.5) is 5.95 Å². The van der Waals surface area contributed by atoms with Crippen molar-refractivity contribution in [2.24, 2.45) is 7.05 Å². The van der Waals surface area contributed by atoms with Crippen molar-refractivity contribution in [3.05, 3.63) is 33.4 Å². The number of hydrogen-bond acceptors (Lipinski definition) is 7. The number of nitrogens with one attached hydrogen (secondary N) is 1. The van der Waals surface area contributed by atoms with Crippen LogP contribution in [0.1, 0.15) is 23.4 Å². The summed E-state index contributed by atoms with van der Waals surface area (Å²) in [5.41, 5.74) is 2.84. The molecule has 154 valence electrons. The molecule has 1 aliphatic heterocycles. The van der Waals surface area contributed by atoms with Crippen molar-refractivity contribution in [1.29, 1.82) is 0 Å². The van der Waals surface area contributed by atoms with E-state index in [9.17, 15) is 4.79 Å². The summed E-state index contributed by atoms with van der Waals surface area (Å²) in [5, 5.41) is 4.47. The number of hydrogen-bond donors (Lipinski definition) is 1. The predicted molar refractivity (Wildman–Crippen MR) is 109 cm³/mol.